The normalized spacial score (nSPS) is 8.73. The Morgan fingerprint density at radius 1 is 0.831 bits per heavy atom. The quantitative estimate of drug-likeness (QED) is 0.0462. The first-order valence-electron chi connectivity index (χ1n) is 16.1. The number of aromatic nitrogens is 8. The minimum Gasteiger partial charge on any atom is -0.394 e. The molecule has 27 heteroatoms. The maximum Gasteiger partial charge on any atom is 0.333 e. The lowest BCUT2D eigenvalue weighted by molar-refractivity contribution is -0.384. The fourth-order valence-corrected chi connectivity index (χ4v) is 3.44. The largest absolute Gasteiger partial charge is 0.394 e. The molecule has 14 N–H and O–H groups in total. The number of nitro groups is 1. The average Bonchev–Trinajstić information content (AvgIpc) is 3.75. The van der Waals surface area contributed by atoms with Gasteiger partial charge in [-0.2, -0.15) is 25.7 Å². The van der Waals surface area contributed by atoms with Crippen molar-refractivity contribution >= 4 is 58.3 Å². The molecule has 4 aromatic rings. The number of anilines is 5. The van der Waals surface area contributed by atoms with E-state index in [1.807, 2.05) is 40.0 Å². The number of hydrogen-bond acceptors (Lipinski definition) is 21. The van der Waals surface area contributed by atoms with Crippen LogP contribution in [0.5, 0.6) is 0 Å². The summed E-state index contributed by atoms with van der Waals surface area (Å²) in [4.78, 5) is 52.7. The van der Waals surface area contributed by atoms with Crippen LogP contribution in [-0.2, 0) is 57.1 Å². The van der Waals surface area contributed by atoms with Crippen LogP contribution in [0.4, 0.5) is 34.6 Å². The number of nitrogens with zero attached hydrogens (tertiary/aromatic N) is 10. The highest BCUT2D eigenvalue weighted by Crippen LogP contribution is 2.23. The molecule has 0 aliphatic heterocycles. The highest BCUT2D eigenvalue weighted by atomic mass is 17.2. The van der Waals surface area contributed by atoms with Gasteiger partial charge in [0.2, 0.25) is 11.7 Å². The standard InChI is InChI=1S/C7H11N3O.C5H8N4O2.C5H10N4.C5H9N3.C4H5NO.C4H6O3.CH5N.CH4.H3NO3.H2/c1-5-4-7(8-6(2)11)10(3)9-5;1-3-4(9(10)11)5(6)8(2)7-3;1-3-4(6)5(7)9(2)8-3;1-4-3-5(6)8(2)7-4;1-4(6)2-3-5;1-3(5)7-4(2)6;1-2;;2-1-4-3;/h4H,1-3H3,(H,8,11);6H2,1-2H3;6-7H2,1-2H3;3H,6H2,1-2H3;2H2,1H3;1-2H3;2H2,1H3;1H4;1-3H;1H. The number of nitrogen functional groups attached to an aromatic ring is 4. The minimum atomic E-state index is -0.562. The van der Waals surface area contributed by atoms with E-state index in [1.54, 1.807) is 48.2 Å². The number of amides is 1. The fraction of sp³-hybridized carbons (Fsp3) is 0.469. The van der Waals surface area contributed by atoms with Crippen molar-refractivity contribution in [2.24, 2.45) is 33.9 Å². The second kappa shape index (κ2) is 33.2. The smallest absolute Gasteiger partial charge is 0.333 e. The number of ether oxygens (including phenoxy) is 1. The van der Waals surface area contributed by atoms with Crippen LogP contribution >= 0.6 is 0 Å². The lowest BCUT2D eigenvalue weighted by Gasteiger charge is -1.99. The Hall–Kier alpha value is -6.99. The number of carbonyl (C=O) groups is 4. The van der Waals surface area contributed by atoms with Gasteiger partial charge in [0.15, 0.2) is 0 Å². The van der Waals surface area contributed by atoms with Crippen LogP contribution in [-0.4, -0.2) is 85.2 Å². The van der Waals surface area contributed by atoms with Crippen molar-refractivity contribution in [2.45, 2.75) is 69.2 Å². The Labute approximate surface area is 343 Å². The van der Waals surface area contributed by atoms with Crippen molar-refractivity contribution in [1.82, 2.24) is 44.8 Å². The molecular weight excluding hydrogens is 782 g/mol. The van der Waals surface area contributed by atoms with E-state index in [-0.39, 0.29) is 38.5 Å². The summed E-state index contributed by atoms with van der Waals surface area (Å²) in [6.07, 6.45) is 0.0417. The van der Waals surface area contributed by atoms with Gasteiger partial charge in [-0.15, -0.1) is 4.99 Å². The molecule has 4 rings (SSSR count). The van der Waals surface area contributed by atoms with Gasteiger partial charge >= 0.3 is 17.6 Å². The molecule has 4 heterocycles. The number of rotatable bonds is 4. The molecule has 0 aliphatic carbocycles. The number of nitriles is 1. The second-order valence-electron chi connectivity index (χ2n) is 10.8. The van der Waals surface area contributed by atoms with Crippen molar-refractivity contribution in [2.75, 3.05) is 35.3 Å². The minimum absolute atomic E-state index is 0. The van der Waals surface area contributed by atoms with E-state index < -0.39 is 16.9 Å². The first-order chi connectivity index (χ1) is 26.8. The van der Waals surface area contributed by atoms with Gasteiger partial charge in [0, 0.05) is 62.5 Å². The summed E-state index contributed by atoms with van der Waals surface area (Å²) < 4.78 is 10.1. The van der Waals surface area contributed by atoms with Crippen LogP contribution in [0.3, 0.4) is 0 Å². The molecule has 0 fully saturated rings. The van der Waals surface area contributed by atoms with Crippen LogP contribution in [0, 0.1) is 49.1 Å². The van der Waals surface area contributed by atoms with Crippen molar-refractivity contribution in [3.63, 3.8) is 0 Å². The molecule has 0 saturated heterocycles. The number of aryl methyl sites for hydroxylation is 8. The van der Waals surface area contributed by atoms with E-state index in [0.29, 0.717) is 23.0 Å². The van der Waals surface area contributed by atoms with Crippen LogP contribution in [0.25, 0.3) is 0 Å². The molecule has 0 atom stereocenters. The number of nitrogens with two attached hydrogens (primary N) is 5. The van der Waals surface area contributed by atoms with Gasteiger partial charge in [-0.25, -0.2) is 9.94 Å². The lowest BCUT2D eigenvalue weighted by Crippen LogP contribution is -2.09. The van der Waals surface area contributed by atoms with Crippen LogP contribution in [0.2, 0.25) is 0 Å². The van der Waals surface area contributed by atoms with Gasteiger partial charge in [-0.1, -0.05) is 7.43 Å². The number of nitrogens with one attached hydrogen (secondary N) is 2. The van der Waals surface area contributed by atoms with E-state index in [1.165, 1.54) is 39.4 Å². The Bertz CT molecular complexity index is 1860. The van der Waals surface area contributed by atoms with E-state index >= 15 is 0 Å². The maximum atomic E-state index is 10.6. The van der Waals surface area contributed by atoms with Gasteiger partial charge < -0.3 is 38.7 Å². The first-order valence-corrected chi connectivity index (χ1v) is 16.1. The van der Waals surface area contributed by atoms with Crippen molar-refractivity contribution in [3.8, 4) is 6.07 Å². The maximum absolute atomic E-state index is 10.6. The molecule has 0 unspecified atom stereocenters. The Morgan fingerprint density at radius 2 is 1.25 bits per heavy atom. The Morgan fingerprint density at radius 3 is 1.39 bits per heavy atom. The predicted molar refractivity (Wildman–Crippen MR) is 221 cm³/mol. The second-order valence-corrected chi connectivity index (χ2v) is 10.8. The third-order valence-corrected chi connectivity index (χ3v) is 5.73. The van der Waals surface area contributed by atoms with E-state index in [0.717, 1.165) is 28.5 Å². The molecule has 27 nitrogen and oxygen atoms in total. The summed E-state index contributed by atoms with van der Waals surface area (Å²) in [6.45, 7) is 12.4. The summed E-state index contributed by atoms with van der Waals surface area (Å²) in [6, 6.07) is 5.37. The molecule has 0 aliphatic rings. The van der Waals surface area contributed by atoms with Crippen LogP contribution in [0.1, 0.15) is 65.7 Å². The highest BCUT2D eigenvalue weighted by Gasteiger charge is 2.20. The SMILES string of the molecule is C.CC(=O)CC#N.CC(=O)Nc1cc(C)nn1C.CC(=O)OC(C)=O.CN.Cc1cc(N)n(C)n1.Cc1nn(C)c(N)c1N.Cc1nn(C)c(N)c1[N+](=O)[O-].ONOO.[HH]. The molecule has 1 amide bonds. The molecule has 0 spiro atoms. The van der Waals surface area contributed by atoms with Crippen molar-refractivity contribution < 1.29 is 45.7 Å². The first kappa shape index (κ1) is 61.2. The van der Waals surface area contributed by atoms with Crippen LogP contribution in [0.15, 0.2) is 12.1 Å². The Balaban J connectivity index is -0.000000143. The highest BCUT2D eigenvalue weighted by molar-refractivity contribution is 5.87. The molecule has 336 valence electrons. The molecule has 59 heavy (non-hydrogen) atoms. The lowest BCUT2D eigenvalue weighted by atomic mass is 10.3. The van der Waals surface area contributed by atoms with E-state index in [9.17, 15) is 29.3 Å². The summed E-state index contributed by atoms with van der Waals surface area (Å²) in [5.74, 6) is 0.794. The third kappa shape index (κ3) is 29.0. The van der Waals surface area contributed by atoms with E-state index in [2.05, 4.69) is 41.2 Å². The van der Waals surface area contributed by atoms with Gasteiger partial charge in [-0.3, -0.25) is 48.5 Å². The molecule has 0 bridgehead atoms. The van der Waals surface area contributed by atoms with E-state index in [4.69, 9.17) is 38.7 Å². The van der Waals surface area contributed by atoms with Crippen molar-refractivity contribution in [3.05, 3.63) is 45.0 Å². The van der Waals surface area contributed by atoms with Gasteiger partial charge in [0.25, 0.3) is 0 Å². The van der Waals surface area contributed by atoms with Gasteiger partial charge in [-0.05, 0) is 47.3 Å². The molecule has 0 radical (unpaired) electrons. The van der Waals surface area contributed by atoms with Crippen molar-refractivity contribution in [1.29, 1.82) is 5.26 Å². The zero-order valence-electron chi connectivity index (χ0n) is 34.9. The topological polar surface area (TPSA) is 420 Å². The molecule has 0 saturated carbocycles. The molecule has 4 aromatic heterocycles. The number of esters is 2. The number of ketones is 1. The summed E-state index contributed by atoms with van der Waals surface area (Å²) >= 11 is 0. The summed E-state index contributed by atoms with van der Waals surface area (Å²) in [7, 11) is 8.44. The molecular formula is C32H63N17O10. The monoisotopic (exact) mass is 845 g/mol. The van der Waals surface area contributed by atoms with Crippen LogP contribution < -0.4 is 39.6 Å². The number of hydrogen-bond donors (Lipinski definition) is 9. The number of carbonyl (C=O) groups excluding carboxylic acids is 4. The summed E-state index contributed by atoms with van der Waals surface area (Å²) in [5, 5.41) is 50.7. The van der Waals surface area contributed by atoms with Gasteiger partial charge in [0.05, 0.1) is 40.2 Å². The fourth-order valence-electron chi connectivity index (χ4n) is 3.44. The zero-order chi connectivity index (χ0) is 46.5. The zero-order valence-corrected chi connectivity index (χ0v) is 34.9. The third-order valence-electron chi connectivity index (χ3n) is 5.73. The average molecular weight is 846 g/mol. The summed E-state index contributed by atoms with van der Waals surface area (Å²) in [5.41, 5.74) is 30.7. The molecule has 0 aromatic carbocycles. The van der Waals surface area contributed by atoms with Gasteiger partial charge in [0.1, 0.15) is 28.9 Å². The predicted octanol–water partition coefficient (Wildman–Crippen LogP) is 1.52. The Kier molecular flexibility index (Phi) is 34.4. The number of Topliss-reactive ketones (excluding diaryl/α,β-unsaturated/α-hetero) is 1.